The zero-order valence-corrected chi connectivity index (χ0v) is 15.0. The van der Waals surface area contributed by atoms with Crippen molar-refractivity contribution in [2.75, 3.05) is 0 Å². The Hall–Kier alpha value is -0.240. The second-order valence-corrected chi connectivity index (χ2v) is 6.02. The molecule has 0 heterocycles. The van der Waals surface area contributed by atoms with Gasteiger partial charge in [-0.3, -0.25) is 5.41 Å². The molecule has 0 saturated carbocycles. The monoisotopic (exact) mass is 304 g/mol. The third kappa shape index (κ3) is 6.47. The summed E-state index contributed by atoms with van der Waals surface area (Å²) in [4.78, 5) is 0. The van der Waals surface area contributed by atoms with E-state index in [2.05, 4.69) is 27.7 Å². The van der Waals surface area contributed by atoms with Crippen molar-refractivity contribution in [3.05, 3.63) is 0 Å². The van der Waals surface area contributed by atoms with Crippen molar-refractivity contribution in [2.45, 2.75) is 91.9 Å². The van der Waals surface area contributed by atoms with Crippen LogP contribution >= 0.6 is 12.4 Å². The van der Waals surface area contributed by atoms with Gasteiger partial charge in [-0.05, 0) is 25.2 Å². The smallest absolute Gasteiger partial charge is 0.0971 e. The molecular formula is C17H37ClN2. The minimum atomic E-state index is -0.0179. The Balaban J connectivity index is 0. The first-order chi connectivity index (χ1) is 9.08. The lowest BCUT2D eigenvalue weighted by atomic mass is 9.65. The summed E-state index contributed by atoms with van der Waals surface area (Å²) in [6, 6.07) is 0. The highest BCUT2D eigenvalue weighted by Gasteiger charge is 2.39. The van der Waals surface area contributed by atoms with Gasteiger partial charge < -0.3 is 5.73 Å². The Kier molecular flexibility index (Phi) is 13.8. The summed E-state index contributed by atoms with van der Waals surface area (Å²) in [6.45, 7) is 8.99. The first kappa shape index (κ1) is 22.0. The molecule has 20 heavy (non-hydrogen) atoms. The molecular weight excluding hydrogens is 268 g/mol. The van der Waals surface area contributed by atoms with E-state index in [1.807, 2.05) is 0 Å². The van der Waals surface area contributed by atoms with Crippen LogP contribution in [-0.2, 0) is 0 Å². The standard InChI is InChI=1S/C17H36N2.ClH/c1-5-9-12-15(8-4)17(16(18)19,13-10-6-2)14-11-7-3;/h15H,5-14H2,1-4H3,(H3,18,19);1H. The fourth-order valence-corrected chi connectivity index (χ4v) is 3.33. The van der Waals surface area contributed by atoms with Gasteiger partial charge in [0.15, 0.2) is 0 Å². The zero-order valence-electron chi connectivity index (χ0n) is 14.1. The van der Waals surface area contributed by atoms with Crippen LogP contribution in [0.4, 0.5) is 0 Å². The Morgan fingerprint density at radius 3 is 1.70 bits per heavy atom. The summed E-state index contributed by atoms with van der Waals surface area (Å²) in [5.41, 5.74) is 6.07. The number of unbranched alkanes of at least 4 members (excludes halogenated alkanes) is 3. The number of nitrogens with two attached hydrogens (primary N) is 1. The molecule has 0 aromatic rings. The van der Waals surface area contributed by atoms with Crippen LogP contribution in [0.25, 0.3) is 0 Å². The third-order valence-electron chi connectivity index (χ3n) is 4.67. The minimum absolute atomic E-state index is 0. The van der Waals surface area contributed by atoms with Crippen LogP contribution < -0.4 is 5.73 Å². The summed E-state index contributed by atoms with van der Waals surface area (Å²) in [5.74, 6) is 1.06. The number of rotatable bonds is 12. The van der Waals surface area contributed by atoms with Crippen molar-refractivity contribution in [2.24, 2.45) is 17.1 Å². The second-order valence-electron chi connectivity index (χ2n) is 6.02. The normalized spacial score (nSPS) is 12.8. The average Bonchev–Trinajstić information content (AvgIpc) is 2.41. The largest absolute Gasteiger partial charge is 0.387 e. The van der Waals surface area contributed by atoms with Crippen LogP contribution in [0.2, 0.25) is 0 Å². The maximum Gasteiger partial charge on any atom is 0.0971 e. The summed E-state index contributed by atoms with van der Waals surface area (Å²) >= 11 is 0. The van der Waals surface area contributed by atoms with Crippen LogP contribution in [-0.4, -0.2) is 5.84 Å². The lowest BCUT2D eigenvalue weighted by molar-refractivity contribution is 0.184. The van der Waals surface area contributed by atoms with E-state index in [1.165, 1.54) is 44.9 Å². The van der Waals surface area contributed by atoms with E-state index in [0.29, 0.717) is 11.8 Å². The van der Waals surface area contributed by atoms with Crippen LogP contribution in [0.3, 0.4) is 0 Å². The van der Waals surface area contributed by atoms with Gasteiger partial charge in [0.2, 0.25) is 0 Å². The molecule has 0 amide bonds. The second kappa shape index (κ2) is 12.5. The molecule has 0 spiro atoms. The maximum atomic E-state index is 8.20. The predicted molar refractivity (Wildman–Crippen MR) is 94.0 cm³/mol. The lowest BCUT2D eigenvalue weighted by Crippen LogP contribution is -2.43. The molecule has 0 aliphatic carbocycles. The molecule has 0 aromatic carbocycles. The number of hydrogen-bond acceptors (Lipinski definition) is 1. The van der Waals surface area contributed by atoms with E-state index in [9.17, 15) is 0 Å². The molecule has 0 aromatic heterocycles. The van der Waals surface area contributed by atoms with E-state index in [4.69, 9.17) is 11.1 Å². The van der Waals surface area contributed by atoms with E-state index in [0.717, 1.165) is 19.3 Å². The van der Waals surface area contributed by atoms with Crippen molar-refractivity contribution in [3.8, 4) is 0 Å². The first-order valence-corrected chi connectivity index (χ1v) is 8.43. The fourth-order valence-electron chi connectivity index (χ4n) is 3.33. The fraction of sp³-hybridized carbons (Fsp3) is 0.941. The number of halogens is 1. The Bertz CT molecular complexity index is 233. The number of amidine groups is 1. The highest BCUT2D eigenvalue weighted by molar-refractivity contribution is 5.85. The van der Waals surface area contributed by atoms with Crippen molar-refractivity contribution >= 4 is 18.2 Å². The minimum Gasteiger partial charge on any atom is -0.387 e. The SMILES string of the molecule is CCCCC(CC)C(CCCC)(CCCC)C(=N)N.Cl. The van der Waals surface area contributed by atoms with Crippen LogP contribution in [0.5, 0.6) is 0 Å². The molecule has 0 bridgehead atoms. The summed E-state index contributed by atoms with van der Waals surface area (Å²) in [5, 5.41) is 8.20. The van der Waals surface area contributed by atoms with Crippen LogP contribution in [0, 0.1) is 16.7 Å². The van der Waals surface area contributed by atoms with Crippen LogP contribution in [0.15, 0.2) is 0 Å². The van der Waals surface area contributed by atoms with Gasteiger partial charge in [0, 0.05) is 5.41 Å². The van der Waals surface area contributed by atoms with Gasteiger partial charge in [-0.15, -0.1) is 12.4 Å². The van der Waals surface area contributed by atoms with Crippen molar-refractivity contribution in [3.63, 3.8) is 0 Å². The molecule has 3 N–H and O–H groups in total. The molecule has 1 unspecified atom stereocenters. The van der Waals surface area contributed by atoms with Crippen LogP contribution in [0.1, 0.15) is 91.9 Å². The number of nitrogens with one attached hydrogen (secondary N) is 1. The Morgan fingerprint density at radius 1 is 0.950 bits per heavy atom. The Morgan fingerprint density at radius 2 is 1.40 bits per heavy atom. The van der Waals surface area contributed by atoms with E-state index in [1.54, 1.807) is 0 Å². The molecule has 3 heteroatoms. The van der Waals surface area contributed by atoms with Gasteiger partial charge >= 0.3 is 0 Å². The van der Waals surface area contributed by atoms with E-state index < -0.39 is 0 Å². The van der Waals surface area contributed by atoms with Gasteiger partial charge in [0.25, 0.3) is 0 Å². The van der Waals surface area contributed by atoms with Crippen molar-refractivity contribution < 1.29 is 0 Å². The molecule has 0 rings (SSSR count). The maximum absolute atomic E-state index is 8.20. The lowest BCUT2D eigenvalue weighted by Gasteiger charge is -2.40. The Labute approximate surface area is 133 Å². The van der Waals surface area contributed by atoms with Crippen molar-refractivity contribution in [1.82, 2.24) is 0 Å². The van der Waals surface area contributed by atoms with Crippen molar-refractivity contribution in [1.29, 1.82) is 5.41 Å². The molecule has 2 nitrogen and oxygen atoms in total. The first-order valence-electron chi connectivity index (χ1n) is 8.43. The molecule has 0 radical (unpaired) electrons. The van der Waals surface area contributed by atoms with Gasteiger partial charge in [0.05, 0.1) is 5.84 Å². The van der Waals surface area contributed by atoms with E-state index >= 15 is 0 Å². The topological polar surface area (TPSA) is 49.9 Å². The highest BCUT2D eigenvalue weighted by atomic mass is 35.5. The third-order valence-corrected chi connectivity index (χ3v) is 4.67. The highest BCUT2D eigenvalue weighted by Crippen LogP contribution is 2.43. The molecule has 0 aliphatic heterocycles. The summed E-state index contributed by atoms with van der Waals surface area (Å²) in [6.07, 6.45) is 11.9. The quantitative estimate of drug-likeness (QED) is 0.341. The van der Waals surface area contributed by atoms with Gasteiger partial charge in [-0.25, -0.2) is 0 Å². The van der Waals surface area contributed by atoms with Gasteiger partial charge in [-0.2, -0.15) is 0 Å². The van der Waals surface area contributed by atoms with Gasteiger partial charge in [-0.1, -0.05) is 72.6 Å². The molecule has 1 atom stereocenters. The molecule has 122 valence electrons. The summed E-state index contributed by atoms with van der Waals surface area (Å²) < 4.78 is 0. The van der Waals surface area contributed by atoms with Gasteiger partial charge in [0.1, 0.15) is 0 Å². The summed E-state index contributed by atoms with van der Waals surface area (Å²) in [7, 11) is 0. The molecule has 0 saturated heterocycles. The molecule has 0 fully saturated rings. The zero-order chi connectivity index (χ0) is 14.7. The van der Waals surface area contributed by atoms with E-state index in [-0.39, 0.29) is 17.8 Å². The number of hydrogen-bond donors (Lipinski definition) is 2. The average molecular weight is 305 g/mol. The predicted octanol–water partition coefficient (Wildman–Crippen LogP) is 5.93. The molecule has 0 aliphatic rings.